The van der Waals surface area contributed by atoms with Crippen molar-refractivity contribution in [3.05, 3.63) is 0 Å². The molecule has 1 heteroatoms. The zero-order valence-corrected chi connectivity index (χ0v) is 9.67. The van der Waals surface area contributed by atoms with E-state index in [0.29, 0.717) is 6.10 Å². The maximum absolute atomic E-state index is 5.79. The Balaban J connectivity index is 1.77. The van der Waals surface area contributed by atoms with Crippen molar-refractivity contribution in [3.8, 4) is 0 Å². The molecular weight excluding hydrogens is 172 g/mol. The van der Waals surface area contributed by atoms with Crippen LogP contribution < -0.4 is 0 Å². The zero-order chi connectivity index (χ0) is 9.97. The fourth-order valence-electron chi connectivity index (χ4n) is 3.16. The first-order valence-corrected chi connectivity index (χ1v) is 6.39. The summed E-state index contributed by atoms with van der Waals surface area (Å²) < 4.78 is 5.79. The van der Waals surface area contributed by atoms with E-state index < -0.39 is 0 Å². The third-order valence-corrected chi connectivity index (χ3v) is 4.25. The van der Waals surface area contributed by atoms with Gasteiger partial charge in [0.25, 0.3) is 0 Å². The van der Waals surface area contributed by atoms with Gasteiger partial charge in [-0.2, -0.15) is 0 Å². The predicted molar refractivity (Wildman–Crippen MR) is 59.3 cm³/mol. The molecule has 0 N–H and O–H groups in total. The lowest BCUT2D eigenvalue weighted by Gasteiger charge is -2.33. The Morgan fingerprint density at radius 1 is 1.00 bits per heavy atom. The van der Waals surface area contributed by atoms with Gasteiger partial charge in [0.1, 0.15) is 0 Å². The summed E-state index contributed by atoms with van der Waals surface area (Å²) in [4.78, 5) is 0. The quantitative estimate of drug-likeness (QED) is 0.655. The molecule has 2 fully saturated rings. The molecule has 0 aromatic carbocycles. The molecule has 1 nitrogen and oxygen atoms in total. The average Bonchev–Trinajstić information content (AvgIpc) is 2.71. The van der Waals surface area contributed by atoms with Gasteiger partial charge in [0, 0.05) is 6.61 Å². The van der Waals surface area contributed by atoms with Crippen molar-refractivity contribution in [2.75, 3.05) is 6.61 Å². The van der Waals surface area contributed by atoms with Crippen molar-refractivity contribution in [2.24, 2.45) is 17.8 Å². The van der Waals surface area contributed by atoms with Crippen LogP contribution in [-0.4, -0.2) is 12.7 Å². The highest BCUT2D eigenvalue weighted by Crippen LogP contribution is 2.37. The van der Waals surface area contributed by atoms with Crippen LogP contribution in [0.15, 0.2) is 0 Å². The Hall–Kier alpha value is -0.0400. The van der Waals surface area contributed by atoms with Crippen LogP contribution in [0.3, 0.4) is 0 Å². The summed E-state index contributed by atoms with van der Waals surface area (Å²) in [5, 5.41) is 0. The molecule has 0 bridgehead atoms. The molecule has 0 radical (unpaired) electrons. The molecule has 0 aromatic heterocycles. The van der Waals surface area contributed by atoms with Gasteiger partial charge in [-0.05, 0) is 56.3 Å². The van der Waals surface area contributed by atoms with E-state index in [4.69, 9.17) is 4.74 Å². The smallest absolute Gasteiger partial charge is 0.0604 e. The molecule has 1 unspecified atom stereocenters. The largest absolute Gasteiger partial charge is 0.378 e. The normalized spacial score (nSPS) is 39.2. The number of hydrogen-bond acceptors (Lipinski definition) is 1. The van der Waals surface area contributed by atoms with Gasteiger partial charge in [-0.25, -0.2) is 0 Å². The first-order chi connectivity index (χ1) is 6.77. The summed E-state index contributed by atoms with van der Waals surface area (Å²) in [6, 6.07) is 0. The molecule has 1 atom stereocenters. The van der Waals surface area contributed by atoms with Crippen LogP contribution in [0.2, 0.25) is 0 Å². The highest BCUT2D eigenvalue weighted by Gasteiger charge is 2.30. The molecule has 1 aliphatic carbocycles. The van der Waals surface area contributed by atoms with E-state index in [9.17, 15) is 0 Å². The number of ether oxygens (including phenoxy) is 1. The summed E-state index contributed by atoms with van der Waals surface area (Å²) in [5.74, 6) is 2.78. The van der Waals surface area contributed by atoms with Gasteiger partial charge < -0.3 is 4.74 Å². The van der Waals surface area contributed by atoms with E-state index in [2.05, 4.69) is 13.8 Å². The topological polar surface area (TPSA) is 9.23 Å². The van der Waals surface area contributed by atoms with E-state index in [-0.39, 0.29) is 0 Å². The standard InChI is InChI=1S/C13H24O/c1-10(2)11-5-7-12(8-6-11)13-4-3-9-14-13/h10-13H,3-9H2,1-2H3. The van der Waals surface area contributed by atoms with Gasteiger partial charge in [-0.1, -0.05) is 13.8 Å². The third-order valence-electron chi connectivity index (χ3n) is 4.25. The van der Waals surface area contributed by atoms with E-state index >= 15 is 0 Å². The van der Waals surface area contributed by atoms with E-state index in [0.717, 1.165) is 24.4 Å². The molecule has 2 rings (SSSR count). The first-order valence-electron chi connectivity index (χ1n) is 6.39. The van der Waals surface area contributed by atoms with Gasteiger partial charge in [-0.3, -0.25) is 0 Å². The van der Waals surface area contributed by atoms with Crippen LogP contribution in [0.1, 0.15) is 52.4 Å². The van der Waals surface area contributed by atoms with Crippen LogP contribution in [0, 0.1) is 17.8 Å². The summed E-state index contributed by atoms with van der Waals surface area (Å²) in [5.41, 5.74) is 0. The van der Waals surface area contributed by atoms with Crippen LogP contribution >= 0.6 is 0 Å². The van der Waals surface area contributed by atoms with Crippen molar-refractivity contribution in [2.45, 2.75) is 58.5 Å². The summed E-state index contributed by atoms with van der Waals surface area (Å²) in [6.45, 7) is 5.77. The van der Waals surface area contributed by atoms with Crippen molar-refractivity contribution in [1.29, 1.82) is 0 Å². The van der Waals surface area contributed by atoms with Crippen LogP contribution in [0.25, 0.3) is 0 Å². The lowest BCUT2D eigenvalue weighted by Crippen LogP contribution is -2.26. The molecular formula is C13H24O. The van der Waals surface area contributed by atoms with E-state index in [1.165, 1.54) is 38.5 Å². The molecule has 1 aliphatic heterocycles. The average molecular weight is 196 g/mol. The Kier molecular flexibility index (Phi) is 3.48. The molecule has 0 amide bonds. The Labute approximate surface area is 88.2 Å². The van der Waals surface area contributed by atoms with Crippen molar-refractivity contribution >= 4 is 0 Å². The van der Waals surface area contributed by atoms with Crippen molar-refractivity contribution in [3.63, 3.8) is 0 Å². The zero-order valence-electron chi connectivity index (χ0n) is 9.67. The van der Waals surface area contributed by atoms with Crippen LogP contribution in [0.5, 0.6) is 0 Å². The minimum atomic E-state index is 0.628. The van der Waals surface area contributed by atoms with Crippen molar-refractivity contribution in [1.82, 2.24) is 0 Å². The molecule has 0 spiro atoms. The summed E-state index contributed by atoms with van der Waals surface area (Å²) >= 11 is 0. The minimum absolute atomic E-state index is 0.628. The van der Waals surface area contributed by atoms with Gasteiger partial charge in [0.15, 0.2) is 0 Å². The Morgan fingerprint density at radius 3 is 2.21 bits per heavy atom. The van der Waals surface area contributed by atoms with E-state index in [1.54, 1.807) is 0 Å². The second kappa shape index (κ2) is 4.65. The fraction of sp³-hybridized carbons (Fsp3) is 1.00. The lowest BCUT2D eigenvalue weighted by molar-refractivity contribution is 0.0366. The monoisotopic (exact) mass is 196 g/mol. The highest BCUT2D eigenvalue weighted by atomic mass is 16.5. The summed E-state index contributed by atoms with van der Waals surface area (Å²) in [6.07, 6.45) is 9.00. The first kappa shape index (κ1) is 10.5. The maximum Gasteiger partial charge on any atom is 0.0604 e. The van der Waals surface area contributed by atoms with E-state index in [1.807, 2.05) is 0 Å². The molecule has 1 saturated carbocycles. The lowest BCUT2D eigenvalue weighted by atomic mass is 9.75. The fourth-order valence-corrected chi connectivity index (χ4v) is 3.16. The Morgan fingerprint density at radius 2 is 1.71 bits per heavy atom. The van der Waals surface area contributed by atoms with Gasteiger partial charge in [0.2, 0.25) is 0 Å². The Bertz CT molecular complexity index is 162. The molecule has 82 valence electrons. The van der Waals surface area contributed by atoms with Gasteiger partial charge in [-0.15, -0.1) is 0 Å². The second-order valence-electron chi connectivity index (χ2n) is 5.47. The second-order valence-corrected chi connectivity index (χ2v) is 5.47. The molecule has 2 aliphatic rings. The van der Waals surface area contributed by atoms with Crippen LogP contribution in [0.4, 0.5) is 0 Å². The van der Waals surface area contributed by atoms with Gasteiger partial charge >= 0.3 is 0 Å². The predicted octanol–water partition coefficient (Wildman–Crippen LogP) is 3.63. The molecule has 1 heterocycles. The minimum Gasteiger partial charge on any atom is -0.378 e. The third kappa shape index (κ3) is 2.31. The highest BCUT2D eigenvalue weighted by molar-refractivity contribution is 4.81. The van der Waals surface area contributed by atoms with Gasteiger partial charge in [0.05, 0.1) is 6.10 Å². The van der Waals surface area contributed by atoms with Crippen molar-refractivity contribution < 1.29 is 4.74 Å². The summed E-state index contributed by atoms with van der Waals surface area (Å²) in [7, 11) is 0. The van der Waals surface area contributed by atoms with Crippen LogP contribution in [-0.2, 0) is 4.74 Å². The maximum atomic E-state index is 5.79. The number of rotatable bonds is 2. The molecule has 0 aromatic rings. The molecule has 1 saturated heterocycles. The SMILES string of the molecule is CC(C)C1CCC(C2CCCO2)CC1. The number of hydrogen-bond donors (Lipinski definition) is 0. The molecule has 14 heavy (non-hydrogen) atoms.